The number of nitrogens with zero attached hydrogens (tertiary/aromatic N) is 3. The molecule has 0 aliphatic rings. The first-order valence-electron chi connectivity index (χ1n) is 8.38. The van der Waals surface area contributed by atoms with Gasteiger partial charge < -0.3 is 9.15 Å². The molecule has 0 fully saturated rings. The van der Waals surface area contributed by atoms with Crippen LogP contribution in [0.4, 0.5) is 4.39 Å². The average Bonchev–Trinajstić information content (AvgIpc) is 3.37. The second-order valence-electron chi connectivity index (χ2n) is 5.58. The Morgan fingerprint density at radius 3 is 2.56 bits per heavy atom. The lowest BCUT2D eigenvalue weighted by molar-refractivity contribution is 0.325. The summed E-state index contributed by atoms with van der Waals surface area (Å²) < 4.78 is 26.6. The molecule has 0 aliphatic carbocycles. The molecule has 0 saturated carbocycles. The molecule has 5 nitrogen and oxygen atoms in total. The van der Waals surface area contributed by atoms with Crippen molar-refractivity contribution < 1.29 is 13.5 Å². The minimum atomic E-state index is -0.366. The van der Waals surface area contributed by atoms with Crippen LogP contribution in [0.2, 0.25) is 0 Å². The number of halogens is 1. The number of benzene rings is 2. The highest BCUT2D eigenvalue weighted by molar-refractivity contribution is 7.99. The van der Waals surface area contributed by atoms with Gasteiger partial charge in [0.1, 0.15) is 0 Å². The van der Waals surface area contributed by atoms with Gasteiger partial charge in [0.05, 0.1) is 12.9 Å². The minimum absolute atomic E-state index is 0.249. The molecule has 4 rings (SSSR count). The van der Waals surface area contributed by atoms with E-state index in [1.54, 1.807) is 24.5 Å². The van der Waals surface area contributed by atoms with Gasteiger partial charge in [0.25, 0.3) is 0 Å². The van der Waals surface area contributed by atoms with Gasteiger partial charge in [-0.05, 0) is 36.4 Å². The maximum absolute atomic E-state index is 13.6. The lowest BCUT2D eigenvalue weighted by atomic mass is 10.3. The fourth-order valence-corrected chi connectivity index (χ4v) is 3.35. The third-order valence-electron chi connectivity index (χ3n) is 3.80. The summed E-state index contributed by atoms with van der Waals surface area (Å²) in [6.45, 7) is 0.351. The highest BCUT2D eigenvalue weighted by atomic mass is 32.2. The van der Waals surface area contributed by atoms with Gasteiger partial charge in [-0.25, -0.2) is 4.39 Å². The summed E-state index contributed by atoms with van der Waals surface area (Å²) >= 11 is 1.49. The highest BCUT2D eigenvalue weighted by Gasteiger charge is 2.17. The van der Waals surface area contributed by atoms with E-state index in [1.807, 2.05) is 47.0 Å². The van der Waals surface area contributed by atoms with Crippen LogP contribution in [-0.2, 0) is 0 Å². The molecule has 0 radical (unpaired) electrons. The lowest BCUT2D eigenvalue weighted by Gasteiger charge is -2.10. The number of rotatable bonds is 7. The molecule has 0 amide bonds. The van der Waals surface area contributed by atoms with Crippen LogP contribution in [0.3, 0.4) is 0 Å². The SMILES string of the molecule is Fc1ccccc1OCCSc1nnc(-c2ccco2)n1-c1ccccc1. The van der Waals surface area contributed by atoms with Crippen molar-refractivity contribution in [2.24, 2.45) is 0 Å². The predicted molar refractivity (Wildman–Crippen MR) is 102 cm³/mol. The summed E-state index contributed by atoms with van der Waals surface area (Å²) in [6.07, 6.45) is 1.61. The number of aromatic nitrogens is 3. The van der Waals surface area contributed by atoms with E-state index in [-0.39, 0.29) is 11.6 Å². The largest absolute Gasteiger partial charge is 0.490 e. The Bertz CT molecular complexity index is 1000. The lowest BCUT2D eigenvalue weighted by Crippen LogP contribution is -2.04. The summed E-state index contributed by atoms with van der Waals surface area (Å²) in [5.74, 6) is 1.75. The monoisotopic (exact) mass is 381 g/mol. The summed E-state index contributed by atoms with van der Waals surface area (Å²) in [5.41, 5.74) is 0.937. The maximum atomic E-state index is 13.6. The molecule has 2 aromatic heterocycles. The fourth-order valence-electron chi connectivity index (χ4n) is 2.59. The van der Waals surface area contributed by atoms with E-state index in [4.69, 9.17) is 9.15 Å². The Balaban J connectivity index is 1.52. The molecule has 27 heavy (non-hydrogen) atoms. The van der Waals surface area contributed by atoms with Gasteiger partial charge in [0, 0.05) is 11.4 Å². The molecule has 0 bridgehead atoms. The van der Waals surface area contributed by atoms with E-state index < -0.39 is 0 Å². The van der Waals surface area contributed by atoms with E-state index in [9.17, 15) is 4.39 Å². The maximum Gasteiger partial charge on any atom is 0.205 e. The first-order valence-corrected chi connectivity index (χ1v) is 9.36. The molecule has 4 aromatic rings. The van der Waals surface area contributed by atoms with Crippen molar-refractivity contribution >= 4 is 11.8 Å². The highest BCUT2D eigenvalue weighted by Crippen LogP contribution is 2.28. The molecule has 2 aromatic carbocycles. The van der Waals surface area contributed by atoms with Gasteiger partial charge in [0.2, 0.25) is 5.82 Å². The van der Waals surface area contributed by atoms with Crippen LogP contribution in [-0.4, -0.2) is 27.1 Å². The van der Waals surface area contributed by atoms with Gasteiger partial charge >= 0.3 is 0 Å². The van der Waals surface area contributed by atoms with E-state index in [0.717, 1.165) is 5.69 Å². The number of thioether (sulfide) groups is 1. The van der Waals surface area contributed by atoms with E-state index >= 15 is 0 Å². The molecule has 0 N–H and O–H groups in total. The molecule has 0 saturated heterocycles. The zero-order valence-electron chi connectivity index (χ0n) is 14.3. The number of para-hydroxylation sites is 2. The normalized spacial score (nSPS) is 10.9. The third-order valence-corrected chi connectivity index (χ3v) is 4.69. The van der Waals surface area contributed by atoms with Crippen LogP contribution in [0.5, 0.6) is 5.75 Å². The van der Waals surface area contributed by atoms with Crippen LogP contribution < -0.4 is 4.74 Å². The summed E-state index contributed by atoms with van der Waals surface area (Å²) in [6, 6.07) is 19.9. The topological polar surface area (TPSA) is 53.1 Å². The van der Waals surface area contributed by atoms with Crippen LogP contribution in [0.25, 0.3) is 17.3 Å². The Morgan fingerprint density at radius 2 is 1.78 bits per heavy atom. The minimum Gasteiger partial charge on any atom is -0.490 e. The Morgan fingerprint density at radius 1 is 0.963 bits per heavy atom. The van der Waals surface area contributed by atoms with Gasteiger partial charge in [-0.15, -0.1) is 10.2 Å². The molecule has 0 unspecified atom stereocenters. The van der Waals surface area contributed by atoms with Crippen molar-refractivity contribution in [2.45, 2.75) is 5.16 Å². The third kappa shape index (κ3) is 3.88. The second-order valence-corrected chi connectivity index (χ2v) is 6.64. The number of ether oxygens (including phenoxy) is 1. The molecular formula is C20H16FN3O2S. The molecular weight excluding hydrogens is 365 g/mol. The van der Waals surface area contributed by atoms with E-state index in [1.165, 1.54) is 17.8 Å². The van der Waals surface area contributed by atoms with Crippen molar-refractivity contribution in [1.29, 1.82) is 0 Å². The predicted octanol–water partition coefficient (Wildman–Crippen LogP) is 4.84. The summed E-state index contributed by atoms with van der Waals surface area (Å²) in [4.78, 5) is 0. The number of furan rings is 1. The average molecular weight is 381 g/mol. The Labute approximate surface area is 159 Å². The van der Waals surface area contributed by atoms with Crippen molar-refractivity contribution in [2.75, 3.05) is 12.4 Å². The van der Waals surface area contributed by atoms with E-state index in [0.29, 0.717) is 29.1 Å². The van der Waals surface area contributed by atoms with Crippen molar-refractivity contribution in [3.8, 4) is 23.0 Å². The van der Waals surface area contributed by atoms with Gasteiger partial charge in [-0.1, -0.05) is 42.1 Å². The second kappa shape index (κ2) is 8.09. The summed E-state index contributed by atoms with van der Waals surface area (Å²) in [7, 11) is 0. The Hall–Kier alpha value is -3.06. The van der Waals surface area contributed by atoms with E-state index in [2.05, 4.69) is 10.2 Å². The van der Waals surface area contributed by atoms with Crippen LogP contribution in [0.1, 0.15) is 0 Å². The standard InChI is InChI=1S/C20H16FN3O2S/c21-16-9-4-5-10-17(16)26-13-14-27-20-23-22-19(18-11-6-12-25-18)24(20)15-7-2-1-3-8-15/h1-12H,13-14H2. The van der Waals surface area contributed by atoms with Crippen molar-refractivity contribution in [3.05, 3.63) is 78.8 Å². The quantitative estimate of drug-likeness (QED) is 0.339. The first kappa shape index (κ1) is 17.4. The molecule has 0 atom stereocenters. The van der Waals surface area contributed by atoms with Crippen LogP contribution >= 0.6 is 11.8 Å². The smallest absolute Gasteiger partial charge is 0.205 e. The molecule has 7 heteroatoms. The Kier molecular flexibility index (Phi) is 5.20. The van der Waals surface area contributed by atoms with Gasteiger partial charge in [0.15, 0.2) is 22.5 Å². The molecule has 2 heterocycles. The van der Waals surface area contributed by atoms with Gasteiger partial charge in [-0.3, -0.25) is 4.57 Å². The molecule has 0 aliphatic heterocycles. The molecule has 0 spiro atoms. The van der Waals surface area contributed by atoms with Crippen molar-refractivity contribution in [3.63, 3.8) is 0 Å². The zero-order valence-corrected chi connectivity index (χ0v) is 15.1. The van der Waals surface area contributed by atoms with Crippen LogP contribution in [0, 0.1) is 5.82 Å². The van der Waals surface area contributed by atoms with Crippen LogP contribution in [0.15, 0.2) is 82.6 Å². The first-order chi connectivity index (χ1) is 13.3. The zero-order chi connectivity index (χ0) is 18.5. The van der Waals surface area contributed by atoms with Gasteiger partial charge in [-0.2, -0.15) is 0 Å². The van der Waals surface area contributed by atoms with Crippen molar-refractivity contribution in [1.82, 2.24) is 14.8 Å². The fraction of sp³-hybridized carbons (Fsp3) is 0.100. The number of hydrogen-bond donors (Lipinski definition) is 0. The summed E-state index contributed by atoms with van der Waals surface area (Å²) in [5, 5.41) is 9.29. The molecule has 136 valence electrons. The number of hydrogen-bond acceptors (Lipinski definition) is 5.